The number of amides is 2. The van der Waals surface area contributed by atoms with Crippen LogP contribution >= 0.6 is 0 Å². The molecule has 2 heterocycles. The molecule has 0 spiro atoms. The highest BCUT2D eigenvalue weighted by molar-refractivity contribution is 5.94. The summed E-state index contributed by atoms with van der Waals surface area (Å²) in [7, 11) is 3.20. The van der Waals surface area contributed by atoms with Crippen LogP contribution < -0.4 is 10.9 Å². The zero-order valence-corrected chi connectivity index (χ0v) is 15.3. The zero-order chi connectivity index (χ0) is 19.6. The summed E-state index contributed by atoms with van der Waals surface area (Å²) < 4.78 is 2.70. The molecule has 2 amide bonds. The first-order chi connectivity index (χ1) is 12.8. The number of fused-ring (bicyclic) bond motifs is 1. The van der Waals surface area contributed by atoms with Crippen LogP contribution in [0.25, 0.3) is 11.0 Å². The van der Waals surface area contributed by atoms with Crippen molar-refractivity contribution in [3.8, 4) is 0 Å². The molecule has 0 unspecified atom stereocenters. The third-order valence-corrected chi connectivity index (χ3v) is 4.17. The van der Waals surface area contributed by atoms with Crippen molar-refractivity contribution >= 4 is 28.5 Å². The topological polar surface area (TPSA) is 102 Å². The van der Waals surface area contributed by atoms with Crippen molar-refractivity contribution in [1.82, 2.24) is 24.2 Å². The number of benzene rings is 1. The molecule has 3 rings (SSSR count). The maximum atomic E-state index is 12.4. The van der Waals surface area contributed by atoms with Gasteiger partial charge in [-0.3, -0.25) is 23.6 Å². The Morgan fingerprint density at radius 1 is 1.22 bits per heavy atom. The van der Waals surface area contributed by atoms with E-state index in [9.17, 15) is 14.4 Å². The quantitative estimate of drug-likeness (QED) is 0.708. The van der Waals surface area contributed by atoms with Crippen LogP contribution in [0, 0.1) is 6.92 Å². The number of likely N-dealkylation sites (N-methyl/N-ethyl adjacent to an activating group) is 1. The van der Waals surface area contributed by atoms with Crippen molar-refractivity contribution in [1.29, 1.82) is 0 Å². The van der Waals surface area contributed by atoms with Gasteiger partial charge in [-0.25, -0.2) is 4.98 Å². The van der Waals surface area contributed by atoms with Gasteiger partial charge in [-0.1, -0.05) is 17.7 Å². The molecule has 3 aromatic rings. The molecule has 0 aliphatic rings. The monoisotopic (exact) mass is 368 g/mol. The van der Waals surface area contributed by atoms with E-state index in [1.165, 1.54) is 33.7 Å². The molecule has 140 valence electrons. The van der Waals surface area contributed by atoms with E-state index in [4.69, 9.17) is 0 Å². The van der Waals surface area contributed by atoms with E-state index in [1.54, 1.807) is 19.2 Å². The SMILES string of the molecule is Cc1ccc(NC(=O)CN(C)C(=O)Cn2cnc3c(cnn3C)c2=O)cc1. The highest BCUT2D eigenvalue weighted by Gasteiger charge is 2.16. The van der Waals surface area contributed by atoms with Crippen molar-refractivity contribution in [3.05, 3.63) is 52.7 Å². The van der Waals surface area contributed by atoms with Crippen molar-refractivity contribution in [2.75, 3.05) is 18.9 Å². The van der Waals surface area contributed by atoms with Crippen LogP contribution in [0.5, 0.6) is 0 Å². The second-order valence-corrected chi connectivity index (χ2v) is 6.35. The molecule has 0 aliphatic heterocycles. The number of rotatable bonds is 5. The minimum absolute atomic E-state index is 0.121. The average molecular weight is 368 g/mol. The molecule has 0 saturated heterocycles. The molecule has 0 fully saturated rings. The van der Waals surface area contributed by atoms with Gasteiger partial charge in [-0.15, -0.1) is 0 Å². The number of hydrogen-bond acceptors (Lipinski definition) is 5. The van der Waals surface area contributed by atoms with Crippen LogP contribution in [0.4, 0.5) is 5.69 Å². The fourth-order valence-electron chi connectivity index (χ4n) is 2.59. The maximum Gasteiger partial charge on any atom is 0.264 e. The van der Waals surface area contributed by atoms with Crippen molar-refractivity contribution in [2.45, 2.75) is 13.5 Å². The summed E-state index contributed by atoms with van der Waals surface area (Å²) in [4.78, 5) is 42.3. The molecule has 0 bridgehead atoms. The van der Waals surface area contributed by atoms with Crippen molar-refractivity contribution in [2.24, 2.45) is 7.05 Å². The number of anilines is 1. The molecule has 1 N–H and O–H groups in total. The molecule has 9 nitrogen and oxygen atoms in total. The number of aromatic nitrogens is 4. The Balaban J connectivity index is 1.63. The van der Waals surface area contributed by atoms with Gasteiger partial charge < -0.3 is 10.2 Å². The van der Waals surface area contributed by atoms with Crippen LogP contribution in [0.15, 0.2) is 41.6 Å². The number of nitrogens with one attached hydrogen (secondary N) is 1. The number of hydrogen-bond donors (Lipinski definition) is 1. The molecular formula is C18H20N6O3. The molecule has 0 saturated carbocycles. The molecule has 0 aliphatic carbocycles. The molecule has 27 heavy (non-hydrogen) atoms. The van der Waals surface area contributed by atoms with Gasteiger partial charge >= 0.3 is 0 Å². The van der Waals surface area contributed by atoms with E-state index in [-0.39, 0.29) is 30.5 Å². The third-order valence-electron chi connectivity index (χ3n) is 4.17. The Labute approximate surface area is 155 Å². The van der Waals surface area contributed by atoms with Crippen LogP contribution in [-0.4, -0.2) is 49.6 Å². The lowest BCUT2D eigenvalue weighted by molar-refractivity contribution is -0.133. The second kappa shape index (κ2) is 7.40. The smallest absolute Gasteiger partial charge is 0.264 e. The molecule has 9 heteroatoms. The minimum Gasteiger partial charge on any atom is -0.335 e. The van der Waals surface area contributed by atoms with Crippen LogP contribution in [0.2, 0.25) is 0 Å². The van der Waals surface area contributed by atoms with E-state index in [0.717, 1.165) is 5.56 Å². The summed E-state index contributed by atoms with van der Waals surface area (Å²) in [5.41, 5.74) is 1.85. The van der Waals surface area contributed by atoms with Gasteiger partial charge in [0.2, 0.25) is 11.8 Å². The van der Waals surface area contributed by atoms with Gasteiger partial charge in [-0.05, 0) is 19.1 Å². The summed E-state index contributed by atoms with van der Waals surface area (Å²) >= 11 is 0. The maximum absolute atomic E-state index is 12.4. The normalized spacial score (nSPS) is 10.8. The van der Waals surface area contributed by atoms with E-state index in [1.807, 2.05) is 19.1 Å². The Morgan fingerprint density at radius 3 is 2.63 bits per heavy atom. The number of carbonyl (C=O) groups is 2. The van der Waals surface area contributed by atoms with E-state index in [2.05, 4.69) is 15.4 Å². The Bertz CT molecular complexity index is 1050. The largest absolute Gasteiger partial charge is 0.335 e. The Hall–Kier alpha value is -3.49. The van der Waals surface area contributed by atoms with Crippen LogP contribution in [-0.2, 0) is 23.2 Å². The lowest BCUT2D eigenvalue weighted by Gasteiger charge is -2.17. The van der Waals surface area contributed by atoms with Gasteiger partial charge in [0.25, 0.3) is 5.56 Å². The highest BCUT2D eigenvalue weighted by Crippen LogP contribution is 2.08. The Kier molecular flexibility index (Phi) is 5.02. The lowest BCUT2D eigenvalue weighted by atomic mass is 10.2. The van der Waals surface area contributed by atoms with Gasteiger partial charge in [0.05, 0.1) is 12.7 Å². The molecule has 1 aromatic carbocycles. The first-order valence-corrected chi connectivity index (χ1v) is 8.33. The first kappa shape index (κ1) is 18.3. The molecule has 0 radical (unpaired) electrons. The fourth-order valence-corrected chi connectivity index (χ4v) is 2.59. The van der Waals surface area contributed by atoms with Gasteiger partial charge in [0, 0.05) is 19.8 Å². The van der Waals surface area contributed by atoms with Crippen LogP contribution in [0.1, 0.15) is 5.56 Å². The molecule has 2 aromatic heterocycles. The minimum atomic E-state index is -0.374. The van der Waals surface area contributed by atoms with Gasteiger partial charge in [-0.2, -0.15) is 5.10 Å². The van der Waals surface area contributed by atoms with Gasteiger partial charge in [0.1, 0.15) is 18.3 Å². The number of carbonyl (C=O) groups excluding carboxylic acids is 2. The van der Waals surface area contributed by atoms with Crippen molar-refractivity contribution in [3.63, 3.8) is 0 Å². The Morgan fingerprint density at radius 2 is 1.93 bits per heavy atom. The lowest BCUT2D eigenvalue weighted by Crippen LogP contribution is -2.38. The van der Waals surface area contributed by atoms with Crippen LogP contribution in [0.3, 0.4) is 0 Å². The van der Waals surface area contributed by atoms with E-state index in [0.29, 0.717) is 16.7 Å². The molecule has 0 atom stereocenters. The summed E-state index contributed by atoms with van der Waals surface area (Å²) in [5, 5.41) is 7.06. The third kappa shape index (κ3) is 4.02. The summed E-state index contributed by atoms with van der Waals surface area (Å²) in [6.07, 6.45) is 2.73. The van der Waals surface area contributed by atoms with Gasteiger partial charge in [0.15, 0.2) is 5.65 Å². The predicted molar refractivity (Wildman–Crippen MR) is 100 cm³/mol. The summed E-state index contributed by atoms with van der Waals surface area (Å²) in [6.45, 7) is 1.63. The van der Waals surface area contributed by atoms with E-state index >= 15 is 0 Å². The average Bonchev–Trinajstić information content (AvgIpc) is 3.01. The number of nitrogens with zero attached hydrogens (tertiary/aromatic N) is 5. The van der Waals surface area contributed by atoms with Crippen molar-refractivity contribution < 1.29 is 9.59 Å². The predicted octanol–water partition coefficient (Wildman–Crippen LogP) is 0.536. The number of aryl methyl sites for hydroxylation is 2. The van der Waals surface area contributed by atoms with E-state index < -0.39 is 0 Å². The summed E-state index contributed by atoms with van der Waals surface area (Å²) in [6, 6.07) is 7.36. The fraction of sp³-hybridized carbons (Fsp3) is 0.278. The highest BCUT2D eigenvalue weighted by atomic mass is 16.2. The summed E-state index contributed by atoms with van der Waals surface area (Å²) in [5.74, 6) is -0.691. The standard InChI is InChI=1S/C18H20N6O3/c1-12-4-6-13(7-5-12)21-15(25)9-22(2)16(26)10-24-11-19-17-14(18(24)27)8-20-23(17)3/h4-8,11H,9-10H2,1-3H3,(H,21,25). The molecular weight excluding hydrogens is 348 g/mol. The zero-order valence-electron chi connectivity index (χ0n) is 15.3. The second-order valence-electron chi connectivity index (χ2n) is 6.35. The first-order valence-electron chi connectivity index (χ1n) is 8.33.